The van der Waals surface area contributed by atoms with E-state index >= 15 is 0 Å². The Bertz CT molecular complexity index is 673. The van der Waals surface area contributed by atoms with Crippen LogP contribution in [-0.4, -0.2) is 44.4 Å². The number of halogens is 1. The van der Waals surface area contributed by atoms with Crippen molar-refractivity contribution in [3.05, 3.63) is 54.1 Å². The largest absolute Gasteiger partial charge is 0.454 e. The minimum absolute atomic E-state index is 0. The van der Waals surface area contributed by atoms with Crippen molar-refractivity contribution in [2.75, 3.05) is 44.4 Å². The van der Waals surface area contributed by atoms with E-state index in [0.717, 1.165) is 50.6 Å². The number of anilines is 1. The summed E-state index contributed by atoms with van der Waals surface area (Å²) >= 11 is 0. The molecule has 1 fully saturated rings. The van der Waals surface area contributed by atoms with Gasteiger partial charge in [0.05, 0.1) is 0 Å². The standard InChI is InChI=1S/C20H24N2O2.ClH/c1-2-6-18(7-3-1)22-13-11-21(12-14-22)10-4-5-17-8-9-19-20(15-17)24-16-23-19;/h1-3,6-9,15H,4-5,10-14,16H2;1H. The van der Waals surface area contributed by atoms with Gasteiger partial charge in [0.1, 0.15) is 0 Å². The molecular weight excluding hydrogens is 336 g/mol. The predicted molar refractivity (Wildman–Crippen MR) is 103 cm³/mol. The minimum atomic E-state index is 0. The van der Waals surface area contributed by atoms with Gasteiger partial charge >= 0.3 is 0 Å². The average molecular weight is 361 g/mol. The van der Waals surface area contributed by atoms with Gasteiger partial charge in [-0.05, 0) is 49.2 Å². The molecule has 25 heavy (non-hydrogen) atoms. The van der Waals surface area contributed by atoms with Gasteiger partial charge in [-0.25, -0.2) is 0 Å². The quantitative estimate of drug-likeness (QED) is 0.813. The Labute approximate surface area is 155 Å². The molecule has 2 aliphatic rings. The molecule has 0 aliphatic carbocycles. The number of ether oxygens (including phenoxy) is 2. The second-order valence-corrected chi connectivity index (χ2v) is 6.46. The topological polar surface area (TPSA) is 24.9 Å². The lowest BCUT2D eigenvalue weighted by Gasteiger charge is -2.36. The maximum Gasteiger partial charge on any atom is 0.231 e. The first kappa shape index (κ1) is 17.9. The van der Waals surface area contributed by atoms with Crippen molar-refractivity contribution in [3.63, 3.8) is 0 Å². The first-order chi connectivity index (χ1) is 11.9. The maximum atomic E-state index is 5.45. The molecule has 5 heteroatoms. The highest BCUT2D eigenvalue weighted by Crippen LogP contribution is 2.32. The van der Waals surface area contributed by atoms with Gasteiger partial charge in [0.25, 0.3) is 0 Å². The molecular formula is C20H25ClN2O2. The molecule has 2 aliphatic heterocycles. The molecule has 0 N–H and O–H groups in total. The summed E-state index contributed by atoms with van der Waals surface area (Å²) in [4.78, 5) is 5.06. The van der Waals surface area contributed by atoms with Crippen LogP contribution >= 0.6 is 12.4 Å². The van der Waals surface area contributed by atoms with Crippen molar-refractivity contribution in [2.45, 2.75) is 12.8 Å². The number of para-hydroxylation sites is 1. The van der Waals surface area contributed by atoms with Crippen LogP contribution in [0.4, 0.5) is 5.69 Å². The van der Waals surface area contributed by atoms with Crippen LogP contribution in [0.5, 0.6) is 11.5 Å². The van der Waals surface area contributed by atoms with Gasteiger partial charge in [0, 0.05) is 31.9 Å². The number of fused-ring (bicyclic) bond motifs is 1. The lowest BCUT2D eigenvalue weighted by atomic mass is 10.1. The molecule has 134 valence electrons. The smallest absolute Gasteiger partial charge is 0.231 e. The molecule has 0 aromatic heterocycles. The second kappa shape index (κ2) is 8.45. The monoisotopic (exact) mass is 360 g/mol. The number of hydrogen-bond acceptors (Lipinski definition) is 4. The fraction of sp³-hybridized carbons (Fsp3) is 0.400. The van der Waals surface area contributed by atoms with E-state index in [0.29, 0.717) is 6.79 Å². The van der Waals surface area contributed by atoms with E-state index in [1.807, 2.05) is 6.07 Å². The van der Waals surface area contributed by atoms with Gasteiger partial charge in [-0.15, -0.1) is 12.4 Å². The average Bonchev–Trinajstić information content (AvgIpc) is 3.11. The summed E-state index contributed by atoms with van der Waals surface area (Å²) in [6, 6.07) is 17.0. The molecule has 0 bridgehead atoms. The van der Waals surface area contributed by atoms with E-state index in [2.05, 4.69) is 52.3 Å². The van der Waals surface area contributed by atoms with Crippen molar-refractivity contribution in [3.8, 4) is 11.5 Å². The van der Waals surface area contributed by atoms with Crippen LogP contribution in [0.1, 0.15) is 12.0 Å². The number of piperazine rings is 1. The molecule has 0 radical (unpaired) electrons. The van der Waals surface area contributed by atoms with Gasteiger partial charge in [0.2, 0.25) is 6.79 Å². The summed E-state index contributed by atoms with van der Waals surface area (Å²) in [6.07, 6.45) is 2.28. The number of hydrogen-bond donors (Lipinski definition) is 0. The van der Waals surface area contributed by atoms with E-state index in [1.54, 1.807) is 0 Å². The van der Waals surface area contributed by atoms with Crippen LogP contribution in [0.3, 0.4) is 0 Å². The van der Waals surface area contributed by atoms with E-state index in [-0.39, 0.29) is 12.4 Å². The molecule has 4 nitrogen and oxygen atoms in total. The fourth-order valence-corrected chi connectivity index (χ4v) is 3.47. The van der Waals surface area contributed by atoms with Crippen LogP contribution in [0.25, 0.3) is 0 Å². The lowest BCUT2D eigenvalue weighted by Crippen LogP contribution is -2.46. The van der Waals surface area contributed by atoms with Crippen molar-refractivity contribution >= 4 is 18.1 Å². The van der Waals surface area contributed by atoms with E-state index in [1.165, 1.54) is 17.7 Å². The molecule has 0 atom stereocenters. The highest BCUT2D eigenvalue weighted by molar-refractivity contribution is 5.85. The Morgan fingerprint density at radius 3 is 2.40 bits per heavy atom. The molecule has 2 aromatic rings. The highest BCUT2D eigenvalue weighted by Gasteiger charge is 2.17. The van der Waals surface area contributed by atoms with Gasteiger partial charge in [-0.3, -0.25) is 4.90 Å². The summed E-state index contributed by atoms with van der Waals surface area (Å²) in [7, 11) is 0. The number of aryl methyl sites for hydroxylation is 1. The second-order valence-electron chi connectivity index (χ2n) is 6.46. The van der Waals surface area contributed by atoms with E-state index in [4.69, 9.17) is 9.47 Å². The van der Waals surface area contributed by atoms with Gasteiger partial charge < -0.3 is 14.4 Å². The number of rotatable bonds is 5. The Balaban J connectivity index is 0.00000182. The van der Waals surface area contributed by atoms with Gasteiger partial charge in [-0.1, -0.05) is 24.3 Å². The third-order valence-corrected chi connectivity index (χ3v) is 4.87. The first-order valence-electron chi connectivity index (χ1n) is 8.79. The zero-order valence-corrected chi connectivity index (χ0v) is 15.2. The normalized spacial score (nSPS) is 16.6. The zero-order valence-electron chi connectivity index (χ0n) is 14.4. The molecule has 2 aromatic carbocycles. The molecule has 0 saturated carbocycles. The van der Waals surface area contributed by atoms with E-state index in [9.17, 15) is 0 Å². The van der Waals surface area contributed by atoms with Crippen LogP contribution in [0, 0.1) is 0 Å². The Hall–Kier alpha value is -1.91. The van der Waals surface area contributed by atoms with Crippen molar-refractivity contribution in [1.82, 2.24) is 4.90 Å². The minimum Gasteiger partial charge on any atom is -0.454 e. The summed E-state index contributed by atoms with van der Waals surface area (Å²) < 4.78 is 10.8. The van der Waals surface area contributed by atoms with Crippen LogP contribution < -0.4 is 14.4 Å². The third-order valence-electron chi connectivity index (χ3n) is 4.87. The van der Waals surface area contributed by atoms with Crippen LogP contribution in [0.15, 0.2) is 48.5 Å². The fourth-order valence-electron chi connectivity index (χ4n) is 3.47. The summed E-state index contributed by atoms with van der Waals surface area (Å²) in [5.74, 6) is 1.76. The molecule has 0 spiro atoms. The van der Waals surface area contributed by atoms with Crippen molar-refractivity contribution in [2.24, 2.45) is 0 Å². The first-order valence-corrected chi connectivity index (χ1v) is 8.79. The lowest BCUT2D eigenvalue weighted by molar-refractivity contribution is 0.174. The molecule has 0 amide bonds. The maximum absolute atomic E-state index is 5.45. The SMILES string of the molecule is Cl.c1ccc(N2CCN(CCCc3ccc4c(c3)OCO4)CC2)cc1. The number of benzene rings is 2. The molecule has 0 unspecified atom stereocenters. The molecule has 2 heterocycles. The molecule has 1 saturated heterocycles. The summed E-state index contributed by atoms with van der Waals surface area (Å²) in [5, 5.41) is 0. The van der Waals surface area contributed by atoms with Crippen LogP contribution in [0.2, 0.25) is 0 Å². The Morgan fingerprint density at radius 2 is 1.60 bits per heavy atom. The molecule has 4 rings (SSSR count). The van der Waals surface area contributed by atoms with Gasteiger partial charge in [0.15, 0.2) is 11.5 Å². The highest BCUT2D eigenvalue weighted by atomic mass is 35.5. The zero-order chi connectivity index (χ0) is 16.2. The van der Waals surface area contributed by atoms with Crippen molar-refractivity contribution in [1.29, 1.82) is 0 Å². The summed E-state index contributed by atoms with van der Waals surface area (Å²) in [5.41, 5.74) is 2.68. The third kappa shape index (κ3) is 4.39. The predicted octanol–water partition coefficient (Wildman–Crippen LogP) is 3.59. The van der Waals surface area contributed by atoms with Crippen LogP contribution in [-0.2, 0) is 6.42 Å². The Morgan fingerprint density at radius 1 is 0.840 bits per heavy atom. The van der Waals surface area contributed by atoms with Crippen molar-refractivity contribution < 1.29 is 9.47 Å². The van der Waals surface area contributed by atoms with E-state index < -0.39 is 0 Å². The number of nitrogens with zero attached hydrogens (tertiary/aromatic N) is 2. The Kier molecular flexibility index (Phi) is 6.05. The summed E-state index contributed by atoms with van der Waals surface area (Å²) in [6.45, 7) is 6.05. The van der Waals surface area contributed by atoms with Gasteiger partial charge in [-0.2, -0.15) is 0 Å².